The fourth-order valence-corrected chi connectivity index (χ4v) is 9.08. The average Bonchev–Trinajstić information content (AvgIpc) is 3.10. The Morgan fingerprint density at radius 2 is 1.68 bits per heavy atom. The van der Waals surface area contributed by atoms with Gasteiger partial charge in [-0.2, -0.15) is 0 Å². The number of fused-ring (bicyclic) bond motifs is 3. The normalized spacial score (nSPS) is 31.4. The largest absolute Gasteiger partial charge is 0.289 e. The highest BCUT2D eigenvalue weighted by molar-refractivity contribution is 8.02. The maximum absolute atomic E-state index is 13.1. The van der Waals surface area contributed by atoms with Crippen molar-refractivity contribution >= 4 is 46.0 Å². The number of rotatable bonds is 1. The number of ketones is 2. The van der Waals surface area contributed by atoms with Gasteiger partial charge in [-0.05, 0) is 65.2 Å². The number of hydrogen-bond donors (Lipinski definition) is 0. The van der Waals surface area contributed by atoms with E-state index in [1.54, 1.807) is 23.1 Å². The first kappa shape index (κ1) is 17.5. The topological polar surface area (TPSA) is 34.1 Å². The number of hydrogen-bond acceptors (Lipinski definition) is 5. The molecule has 0 radical (unpaired) electrons. The van der Waals surface area contributed by atoms with Crippen molar-refractivity contribution in [1.29, 1.82) is 0 Å². The van der Waals surface area contributed by atoms with Gasteiger partial charge >= 0.3 is 0 Å². The van der Waals surface area contributed by atoms with Crippen LogP contribution >= 0.6 is 34.4 Å². The van der Waals surface area contributed by atoms with Crippen molar-refractivity contribution in [3.63, 3.8) is 0 Å². The zero-order valence-corrected chi connectivity index (χ0v) is 17.9. The molecule has 1 aliphatic heterocycles. The van der Waals surface area contributed by atoms with E-state index in [-0.39, 0.29) is 22.2 Å². The van der Waals surface area contributed by atoms with Gasteiger partial charge in [0.15, 0.2) is 0 Å². The van der Waals surface area contributed by atoms with E-state index in [4.69, 9.17) is 0 Å². The molecule has 2 aliphatic rings. The molecule has 0 aromatic carbocycles. The minimum Gasteiger partial charge on any atom is -0.289 e. The molecule has 2 aromatic rings. The van der Waals surface area contributed by atoms with Gasteiger partial charge in [0.05, 0.1) is 4.75 Å². The van der Waals surface area contributed by atoms with Crippen molar-refractivity contribution in [1.82, 2.24) is 0 Å². The number of thiophene rings is 2. The Morgan fingerprint density at radius 1 is 1.00 bits per heavy atom. The van der Waals surface area contributed by atoms with Crippen LogP contribution in [0, 0.1) is 27.7 Å². The maximum atomic E-state index is 13.1. The summed E-state index contributed by atoms with van der Waals surface area (Å²) < 4.78 is -0.784. The molecule has 0 bridgehead atoms. The first-order valence-electron chi connectivity index (χ1n) is 8.55. The van der Waals surface area contributed by atoms with Crippen LogP contribution < -0.4 is 0 Å². The lowest BCUT2D eigenvalue weighted by Gasteiger charge is -2.33. The summed E-state index contributed by atoms with van der Waals surface area (Å²) in [7, 11) is 0. The van der Waals surface area contributed by atoms with Crippen molar-refractivity contribution in [2.75, 3.05) is 0 Å². The van der Waals surface area contributed by atoms with E-state index >= 15 is 0 Å². The van der Waals surface area contributed by atoms with Crippen LogP contribution in [0.1, 0.15) is 67.2 Å². The van der Waals surface area contributed by atoms with E-state index in [9.17, 15) is 9.59 Å². The van der Waals surface area contributed by atoms with E-state index in [1.807, 2.05) is 25.2 Å². The Bertz CT molecular complexity index is 935. The summed E-state index contributed by atoms with van der Waals surface area (Å²) >= 11 is 5.19. The van der Waals surface area contributed by atoms with Gasteiger partial charge in [0, 0.05) is 35.7 Å². The summed E-state index contributed by atoms with van der Waals surface area (Å²) in [6.45, 7) is 12.6. The van der Waals surface area contributed by atoms with Crippen molar-refractivity contribution < 1.29 is 9.59 Å². The van der Waals surface area contributed by atoms with Crippen LogP contribution in [0.5, 0.6) is 0 Å². The van der Waals surface area contributed by atoms with Crippen LogP contribution in [0.25, 0.3) is 0 Å². The average molecular weight is 391 g/mol. The Hall–Kier alpha value is -0.910. The molecule has 2 aromatic heterocycles. The maximum Gasteiger partial charge on any atom is 0.231 e. The molecule has 1 fully saturated rings. The molecule has 0 amide bonds. The van der Waals surface area contributed by atoms with Crippen molar-refractivity contribution in [2.45, 2.75) is 63.4 Å². The summed E-state index contributed by atoms with van der Waals surface area (Å²) in [6.07, 6.45) is 0.911. The summed E-state index contributed by atoms with van der Waals surface area (Å²) in [5.74, 6) is -0.359. The molecule has 3 atom stereocenters. The van der Waals surface area contributed by atoms with E-state index in [2.05, 4.69) is 33.8 Å². The molecule has 132 valence electrons. The minimum absolute atomic E-state index is 0.118. The molecule has 0 N–H and O–H groups in total. The molecule has 3 unspecified atom stereocenters. The number of thioether (sulfide) groups is 1. The molecule has 25 heavy (non-hydrogen) atoms. The monoisotopic (exact) mass is 390 g/mol. The molecule has 2 nitrogen and oxygen atoms in total. The SMILES string of the molecule is Cc1cc(C2(C)CC3c4c(C)sc(C)c4C(=O)C(=O)C3(C)S2)c(C)s1. The first-order chi connectivity index (χ1) is 11.6. The van der Waals surface area contributed by atoms with Crippen LogP contribution in [-0.4, -0.2) is 16.3 Å². The Balaban J connectivity index is 1.91. The molecule has 0 spiro atoms. The third kappa shape index (κ3) is 2.22. The first-order valence-corrected chi connectivity index (χ1v) is 11.0. The second-order valence-corrected chi connectivity index (χ2v) is 12.5. The quantitative estimate of drug-likeness (QED) is 0.585. The minimum atomic E-state index is -0.653. The van der Waals surface area contributed by atoms with E-state index in [1.165, 1.54) is 20.2 Å². The molecular weight excluding hydrogens is 368 g/mol. The van der Waals surface area contributed by atoms with E-state index in [0.717, 1.165) is 16.9 Å². The number of aryl methyl sites for hydroxylation is 4. The smallest absolute Gasteiger partial charge is 0.231 e. The van der Waals surface area contributed by atoms with Crippen LogP contribution in [0.3, 0.4) is 0 Å². The van der Waals surface area contributed by atoms with Crippen LogP contribution in [0.15, 0.2) is 6.07 Å². The highest BCUT2D eigenvalue weighted by Gasteiger charge is 2.61. The van der Waals surface area contributed by atoms with Gasteiger partial charge in [0.25, 0.3) is 0 Å². The number of carbonyl (C=O) groups is 2. The van der Waals surface area contributed by atoms with Gasteiger partial charge < -0.3 is 0 Å². The third-order valence-electron chi connectivity index (χ3n) is 5.85. The van der Waals surface area contributed by atoms with E-state index < -0.39 is 4.75 Å². The molecule has 3 heterocycles. The second kappa shape index (κ2) is 5.30. The lowest BCUT2D eigenvalue weighted by atomic mass is 9.70. The fraction of sp³-hybridized carbons (Fsp3) is 0.500. The van der Waals surface area contributed by atoms with Crippen molar-refractivity contribution in [3.05, 3.63) is 42.3 Å². The highest BCUT2D eigenvalue weighted by Crippen LogP contribution is 2.66. The summed E-state index contributed by atoms with van der Waals surface area (Å²) in [4.78, 5) is 30.8. The predicted molar refractivity (Wildman–Crippen MR) is 108 cm³/mol. The summed E-state index contributed by atoms with van der Waals surface area (Å²) in [6, 6.07) is 2.27. The van der Waals surface area contributed by atoms with Gasteiger partial charge in [0.2, 0.25) is 11.6 Å². The van der Waals surface area contributed by atoms with Crippen molar-refractivity contribution in [2.24, 2.45) is 0 Å². The second-order valence-electron chi connectivity index (χ2n) is 7.68. The Morgan fingerprint density at radius 3 is 2.28 bits per heavy atom. The lowest BCUT2D eigenvalue weighted by molar-refractivity contribution is -0.117. The van der Waals surface area contributed by atoms with Gasteiger partial charge in [0.1, 0.15) is 0 Å². The highest BCUT2D eigenvalue weighted by atomic mass is 32.2. The molecule has 5 heteroatoms. The van der Waals surface area contributed by atoms with E-state index in [0.29, 0.717) is 5.56 Å². The third-order valence-corrected chi connectivity index (χ3v) is 9.58. The standard InChI is InChI=1S/C20H22O2S3/c1-9-7-13(10(2)23-9)19(5)8-14-15-11(3)24-12(4)16(15)17(21)18(22)20(14,6)25-19/h7,14H,8H2,1-6H3. The summed E-state index contributed by atoms with van der Waals surface area (Å²) in [5.41, 5.74) is 3.19. The molecule has 1 aliphatic carbocycles. The van der Waals surface area contributed by atoms with Gasteiger partial charge in [-0.3, -0.25) is 9.59 Å². The fourth-order valence-electron chi connectivity index (χ4n) is 4.81. The van der Waals surface area contributed by atoms with Crippen molar-refractivity contribution in [3.8, 4) is 0 Å². The van der Waals surface area contributed by atoms with Crippen LogP contribution in [-0.2, 0) is 9.54 Å². The van der Waals surface area contributed by atoms with Gasteiger partial charge in [-0.25, -0.2) is 0 Å². The number of Topliss-reactive ketones (excluding diaryl/α,β-unsaturated/α-hetero) is 2. The van der Waals surface area contributed by atoms with Crippen LogP contribution in [0.2, 0.25) is 0 Å². The lowest BCUT2D eigenvalue weighted by Crippen LogP contribution is -2.44. The molecule has 1 saturated heterocycles. The zero-order valence-electron chi connectivity index (χ0n) is 15.4. The van der Waals surface area contributed by atoms with Gasteiger partial charge in [-0.1, -0.05) is 0 Å². The predicted octanol–water partition coefficient (Wildman–Crippen LogP) is 5.70. The Labute approximate surface area is 161 Å². The van der Waals surface area contributed by atoms with Crippen LogP contribution in [0.4, 0.5) is 0 Å². The Kier molecular flexibility index (Phi) is 3.71. The zero-order chi connectivity index (χ0) is 18.3. The molecule has 0 saturated carbocycles. The number of carbonyl (C=O) groups excluding carboxylic acids is 2. The van der Waals surface area contributed by atoms with Gasteiger partial charge in [-0.15, -0.1) is 34.4 Å². The molecular formula is C20H22O2S3. The molecule has 4 rings (SSSR count). The summed E-state index contributed by atoms with van der Waals surface area (Å²) in [5, 5.41) is 0.